The number of aliphatic hydroxyl groups is 1. The number of anilines is 1. The Morgan fingerprint density at radius 1 is 0.810 bits per heavy atom. The summed E-state index contributed by atoms with van der Waals surface area (Å²) in [6.45, 7) is 1.13. The van der Waals surface area contributed by atoms with Gasteiger partial charge in [0.2, 0.25) is 0 Å². The molecular weight excluding hydrogens is 262 g/mol. The summed E-state index contributed by atoms with van der Waals surface area (Å²) in [6, 6.07) is 7.62. The van der Waals surface area contributed by atoms with E-state index in [0.717, 1.165) is 30.9 Å². The first-order valence-corrected chi connectivity index (χ1v) is 8.42. The van der Waals surface area contributed by atoms with Crippen LogP contribution in [0, 0.1) is 0 Å². The second-order valence-corrected chi connectivity index (χ2v) is 5.68. The summed E-state index contributed by atoms with van der Waals surface area (Å²) in [5.41, 5.74) is 6.46. The van der Waals surface area contributed by atoms with Crippen LogP contribution in [0.4, 0.5) is 5.69 Å². The fourth-order valence-electron chi connectivity index (χ4n) is 2.42. The molecule has 3 heteroatoms. The predicted molar refractivity (Wildman–Crippen MR) is 89.6 cm³/mol. The van der Waals surface area contributed by atoms with E-state index in [4.69, 9.17) is 15.6 Å². The van der Waals surface area contributed by atoms with Crippen molar-refractivity contribution in [3.05, 3.63) is 24.3 Å². The van der Waals surface area contributed by atoms with E-state index in [-0.39, 0.29) is 0 Å². The molecule has 120 valence electrons. The van der Waals surface area contributed by atoms with Crippen molar-refractivity contribution < 1.29 is 9.84 Å². The molecule has 0 spiro atoms. The van der Waals surface area contributed by atoms with E-state index in [1.54, 1.807) is 0 Å². The van der Waals surface area contributed by atoms with Crippen molar-refractivity contribution in [1.82, 2.24) is 0 Å². The predicted octanol–water partition coefficient (Wildman–Crippen LogP) is 4.54. The molecule has 1 aromatic rings. The minimum atomic E-state index is 0.345. The van der Waals surface area contributed by atoms with Gasteiger partial charge >= 0.3 is 0 Å². The van der Waals surface area contributed by atoms with E-state index in [0.29, 0.717) is 6.61 Å². The Hall–Kier alpha value is -1.22. The van der Waals surface area contributed by atoms with Gasteiger partial charge in [0, 0.05) is 18.4 Å². The number of nitrogens with two attached hydrogens (primary N) is 1. The molecule has 0 atom stereocenters. The number of rotatable bonds is 13. The molecule has 0 fully saturated rings. The number of hydrogen-bond acceptors (Lipinski definition) is 3. The number of aliphatic hydroxyl groups excluding tert-OH is 1. The lowest BCUT2D eigenvalue weighted by Crippen LogP contribution is -1.97. The number of nitrogen functional groups attached to an aromatic ring is 1. The highest BCUT2D eigenvalue weighted by Crippen LogP contribution is 2.15. The smallest absolute Gasteiger partial charge is 0.121 e. The highest BCUT2D eigenvalue weighted by Gasteiger charge is 1.95. The van der Waals surface area contributed by atoms with Crippen molar-refractivity contribution in [1.29, 1.82) is 0 Å². The van der Waals surface area contributed by atoms with Gasteiger partial charge in [-0.05, 0) is 25.0 Å². The summed E-state index contributed by atoms with van der Waals surface area (Å²) in [5, 5.41) is 8.68. The fourth-order valence-corrected chi connectivity index (χ4v) is 2.42. The maximum atomic E-state index is 8.68. The zero-order chi connectivity index (χ0) is 15.2. The molecule has 1 aromatic carbocycles. The van der Waals surface area contributed by atoms with Gasteiger partial charge in [0.1, 0.15) is 5.75 Å². The zero-order valence-electron chi connectivity index (χ0n) is 13.2. The van der Waals surface area contributed by atoms with Crippen LogP contribution < -0.4 is 10.5 Å². The summed E-state index contributed by atoms with van der Waals surface area (Å²) < 4.78 is 5.67. The van der Waals surface area contributed by atoms with E-state index in [1.165, 1.54) is 51.4 Å². The molecule has 0 amide bonds. The summed E-state index contributed by atoms with van der Waals surface area (Å²) in [5.74, 6) is 0.873. The molecule has 0 aliphatic carbocycles. The van der Waals surface area contributed by atoms with Crippen LogP contribution in [-0.4, -0.2) is 18.3 Å². The number of benzene rings is 1. The standard InChI is InChI=1S/C18H31NO2/c19-17-12-11-13-18(16-17)21-15-10-8-6-4-2-1-3-5-7-9-14-20/h11-13,16,20H,1-10,14-15,19H2. The number of ether oxygens (including phenoxy) is 1. The van der Waals surface area contributed by atoms with Crippen LogP contribution in [0.15, 0.2) is 24.3 Å². The first kappa shape index (κ1) is 17.8. The van der Waals surface area contributed by atoms with Gasteiger partial charge in [-0.15, -0.1) is 0 Å². The van der Waals surface area contributed by atoms with Crippen molar-refractivity contribution in [2.24, 2.45) is 0 Å². The van der Waals surface area contributed by atoms with Crippen LogP contribution in [0.5, 0.6) is 5.75 Å². The molecular formula is C18H31NO2. The first-order valence-electron chi connectivity index (χ1n) is 8.42. The topological polar surface area (TPSA) is 55.5 Å². The Kier molecular flexibility index (Phi) is 10.6. The van der Waals surface area contributed by atoms with Gasteiger partial charge in [0.05, 0.1) is 6.61 Å². The number of unbranched alkanes of at least 4 members (excludes halogenated alkanes) is 9. The van der Waals surface area contributed by atoms with Gasteiger partial charge in [-0.1, -0.05) is 57.4 Å². The van der Waals surface area contributed by atoms with Crippen molar-refractivity contribution >= 4 is 5.69 Å². The van der Waals surface area contributed by atoms with Crippen molar-refractivity contribution in [3.8, 4) is 5.75 Å². The highest BCUT2D eigenvalue weighted by atomic mass is 16.5. The largest absolute Gasteiger partial charge is 0.494 e. The summed E-state index contributed by atoms with van der Waals surface area (Å²) >= 11 is 0. The van der Waals surface area contributed by atoms with Gasteiger partial charge in [-0.25, -0.2) is 0 Å². The SMILES string of the molecule is Nc1cccc(OCCCCCCCCCCCCO)c1. The molecule has 0 bridgehead atoms. The average molecular weight is 293 g/mol. The molecule has 0 aromatic heterocycles. The first-order chi connectivity index (χ1) is 10.3. The molecule has 0 radical (unpaired) electrons. The summed E-state index contributed by atoms with van der Waals surface area (Å²) in [6.07, 6.45) is 12.4. The zero-order valence-corrected chi connectivity index (χ0v) is 13.2. The monoisotopic (exact) mass is 293 g/mol. The van der Waals surface area contributed by atoms with Crippen LogP contribution in [-0.2, 0) is 0 Å². The average Bonchev–Trinajstić information content (AvgIpc) is 2.48. The molecule has 0 aliphatic heterocycles. The fraction of sp³-hybridized carbons (Fsp3) is 0.667. The van der Waals surface area contributed by atoms with Crippen molar-refractivity contribution in [2.75, 3.05) is 18.9 Å². The van der Waals surface area contributed by atoms with E-state index in [1.807, 2.05) is 24.3 Å². The van der Waals surface area contributed by atoms with Crippen LogP contribution in [0.3, 0.4) is 0 Å². The Balaban J connectivity index is 1.82. The third-order valence-electron chi connectivity index (χ3n) is 3.68. The van der Waals surface area contributed by atoms with Gasteiger partial charge in [0.15, 0.2) is 0 Å². The quantitative estimate of drug-likeness (QED) is 0.414. The molecule has 0 unspecified atom stereocenters. The normalized spacial score (nSPS) is 10.7. The Labute approximate surface area is 129 Å². The van der Waals surface area contributed by atoms with Gasteiger partial charge in [0.25, 0.3) is 0 Å². The third kappa shape index (κ3) is 10.2. The van der Waals surface area contributed by atoms with Gasteiger partial charge < -0.3 is 15.6 Å². The maximum absolute atomic E-state index is 8.68. The van der Waals surface area contributed by atoms with E-state index in [2.05, 4.69) is 0 Å². The summed E-state index contributed by atoms with van der Waals surface area (Å²) in [7, 11) is 0. The second kappa shape index (κ2) is 12.5. The number of hydrogen-bond donors (Lipinski definition) is 2. The van der Waals surface area contributed by atoms with Crippen LogP contribution in [0.1, 0.15) is 64.2 Å². The minimum Gasteiger partial charge on any atom is -0.494 e. The van der Waals surface area contributed by atoms with Crippen molar-refractivity contribution in [2.45, 2.75) is 64.2 Å². The minimum absolute atomic E-state index is 0.345. The molecule has 0 heterocycles. The van der Waals surface area contributed by atoms with E-state index < -0.39 is 0 Å². The van der Waals surface area contributed by atoms with E-state index in [9.17, 15) is 0 Å². The van der Waals surface area contributed by atoms with Crippen molar-refractivity contribution in [3.63, 3.8) is 0 Å². The summed E-state index contributed by atoms with van der Waals surface area (Å²) in [4.78, 5) is 0. The third-order valence-corrected chi connectivity index (χ3v) is 3.68. The van der Waals surface area contributed by atoms with Crippen LogP contribution in [0.25, 0.3) is 0 Å². The lowest BCUT2D eigenvalue weighted by Gasteiger charge is -2.06. The lowest BCUT2D eigenvalue weighted by atomic mass is 10.1. The molecule has 1 rings (SSSR count). The van der Waals surface area contributed by atoms with Gasteiger partial charge in [-0.2, -0.15) is 0 Å². The van der Waals surface area contributed by atoms with Crippen LogP contribution >= 0.6 is 0 Å². The molecule has 21 heavy (non-hydrogen) atoms. The molecule has 0 aliphatic rings. The Bertz CT molecular complexity index is 355. The highest BCUT2D eigenvalue weighted by molar-refractivity contribution is 5.43. The Morgan fingerprint density at radius 3 is 1.95 bits per heavy atom. The molecule has 3 nitrogen and oxygen atoms in total. The van der Waals surface area contributed by atoms with E-state index >= 15 is 0 Å². The maximum Gasteiger partial charge on any atom is 0.121 e. The van der Waals surface area contributed by atoms with Crippen LogP contribution in [0.2, 0.25) is 0 Å². The molecule has 0 saturated carbocycles. The second-order valence-electron chi connectivity index (χ2n) is 5.68. The lowest BCUT2D eigenvalue weighted by molar-refractivity contribution is 0.282. The molecule has 0 saturated heterocycles. The Morgan fingerprint density at radius 2 is 1.38 bits per heavy atom. The van der Waals surface area contributed by atoms with Gasteiger partial charge in [-0.3, -0.25) is 0 Å². The molecule has 3 N–H and O–H groups in total.